The summed E-state index contributed by atoms with van der Waals surface area (Å²) >= 11 is 0. The summed E-state index contributed by atoms with van der Waals surface area (Å²) in [7, 11) is 0. The number of hydrogen-bond acceptors (Lipinski definition) is 2. The largest absolute Gasteiger partial charge is 0.406 e. The van der Waals surface area contributed by atoms with Crippen molar-refractivity contribution in [2.24, 2.45) is 11.8 Å². The molecule has 0 spiro atoms. The first kappa shape index (κ1) is 14.3. The molecule has 1 heterocycles. The van der Waals surface area contributed by atoms with Gasteiger partial charge in [-0.25, -0.2) is 0 Å². The highest BCUT2D eigenvalue weighted by atomic mass is 19.4. The van der Waals surface area contributed by atoms with Gasteiger partial charge in [-0.3, -0.25) is 10.1 Å². The maximum absolute atomic E-state index is 12.4. The minimum Gasteiger partial charge on any atom is -0.316 e. The summed E-state index contributed by atoms with van der Waals surface area (Å²) in [5.74, 6) is -0.511. The van der Waals surface area contributed by atoms with Crippen LogP contribution in [0.1, 0.15) is 27.7 Å². The smallest absolute Gasteiger partial charge is 0.316 e. The zero-order chi connectivity index (χ0) is 13.4. The average Bonchev–Trinajstić information content (AvgIpc) is 2.41. The number of carbonyl (C=O) groups is 1. The molecule has 0 aromatic carbocycles. The maximum Gasteiger partial charge on any atom is 0.406 e. The second-order valence-corrected chi connectivity index (χ2v) is 5.16. The summed E-state index contributed by atoms with van der Waals surface area (Å²) in [6.45, 7) is 6.08. The molecule has 1 aliphatic heterocycles. The fourth-order valence-electron chi connectivity index (χ4n) is 2.06. The molecule has 2 atom stereocenters. The Morgan fingerprint density at radius 3 is 2.12 bits per heavy atom. The van der Waals surface area contributed by atoms with Gasteiger partial charge in [0.1, 0.15) is 6.54 Å². The fourth-order valence-corrected chi connectivity index (χ4v) is 2.06. The van der Waals surface area contributed by atoms with Gasteiger partial charge < -0.3 is 4.90 Å². The van der Waals surface area contributed by atoms with Crippen molar-refractivity contribution in [3.63, 3.8) is 0 Å². The van der Waals surface area contributed by atoms with Crippen LogP contribution in [0.4, 0.5) is 13.2 Å². The number of amides is 1. The number of hydrogen-bond donors (Lipinski definition) is 1. The van der Waals surface area contributed by atoms with E-state index >= 15 is 0 Å². The third kappa shape index (κ3) is 3.34. The Hall–Kier alpha value is -0.780. The molecule has 6 heteroatoms. The first-order chi connectivity index (χ1) is 7.63. The summed E-state index contributed by atoms with van der Waals surface area (Å²) in [4.78, 5) is 12.8. The van der Waals surface area contributed by atoms with Crippen LogP contribution in [0, 0.1) is 11.8 Å². The first-order valence-electron chi connectivity index (χ1n) is 5.76. The highest BCUT2D eigenvalue weighted by molar-refractivity contribution is 5.84. The Bertz CT molecular complexity index is 289. The predicted octanol–water partition coefficient (Wildman–Crippen LogP) is 1.99. The van der Waals surface area contributed by atoms with Gasteiger partial charge in [0.2, 0.25) is 5.91 Å². The van der Waals surface area contributed by atoms with Gasteiger partial charge in [-0.05, 0) is 11.8 Å². The standard InChI is InChI=1S/C11H19F3N2O/c1-6(2)8-10(17)16(5-11(12,13)14)9(15-8)7(3)4/h6-9,15H,5H2,1-4H3. The average molecular weight is 252 g/mol. The van der Waals surface area contributed by atoms with Crippen LogP contribution in [0.15, 0.2) is 0 Å². The highest BCUT2D eigenvalue weighted by Crippen LogP contribution is 2.26. The summed E-state index contributed by atoms with van der Waals surface area (Å²) < 4.78 is 37.3. The van der Waals surface area contributed by atoms with Crippen LogP contribution in [-0.4, -0.2) is 35.7 Å². The molecular formula is C11H19F3N2O. The molecule has 1 aliphatic rings. The van der Waals surface area contributed by atoms with E-state index in [-0.39, 0.29) is 11.8 Å². The lowest BCUT2D eigenvalue weighted by molar-refractivity contribution is -0.163. The Morgan fingerprint density at radius 2 is 1.76 bits per heavy atom. The lowest BCUT2D eigenvalue weighted by atomic mass is 10.1. The van der Waals surface area contributed by atoms with Crippen molar-refractivity contribution >= 4 is 5.91 Å². The second kappa shape index (κ2) is 4.84. The van der Waals surface area contributed by atoms with E-state index in [1.54, 1.807) is 13.8 Å². The first-order valence-corrected chi connectivity index (χ1v) is 5.76. The van der Waals surface area contributed by atoms with Gasteiger partial charge in [0.05, 0.1) is 12.2 Å². The van der Waals surface area contributed by atoms with Crippen LogP contribution in [-0.2, 0) is 4.79 Å². The van der Waals surface area contributed by atoms with Crippen LogP contribution in [0.25, 0.3) is 0 Å². The lowest BCUT2D eigenvalue weighted by Gasteiger charge is -2.27. The topological polar surface area (TPSA) is 32.3 Å². The Morgan fingerprint density at radius 1 is 1.24 bits per heavy atom. The van der Waals surface area contributed by atoms with Crippen LogP contribution in [0.2, 0.25) is 0 Å². The monoisotopic (exact) mass is 252 g/mol. The van der Waals surface area contributed by atoms with E-state index in [0.717, 1.165) is 4.90 Å². The number of alkyl halides is 3. The van der Waals surface area contributed by atoms with Crippen molar-refractivity contribution in [2.75, 3.05) is 6.54 Å². The second-order valence-electron chi connectivity index (χ2n) is 5.16. The molecule has 3 nitrogen and oxygen atoms in total. The van der Waals surface area contributed by atoms with Gasteiger partial charge >= 0.3 is 6.18 Å². The van der Waals surface area contributed by atoms with Crippen molar-refractivity contribution in [3.05, 3.63) is 0 Å². The molecule has 1 N–H and O–H groups in total. The van der Waals surface area contributed by atoms with Gasteiger partial charge in [-0.1, -0.05) is 27.7 Å². The fraction of sp³-hybridized carbons (Fsp3) is 0.909. The Balaban J connectivity index is 2.87. The number of rotatable bonds is 3. The van der Waals surface area contributed by atoms with Gasteiger partial charge in [0.25, 0.3) is 0 Å². The molecule has 0 radical (unpaired) electrons. The minimum absolute atomic E-state index is 0.0121. The molecule has 0 aliphatic carbocycles. The van der Waals surface area contributed by atoms with E-state index in [2.05, 4.69) is 5.32 Å². The molecule has 0 aromatic rings. The predicted molar refractivity (Wildman–Crippen MR) is 58.2 cm³/mol. The third-order valence-electron chi connectivity index (χ3n) is 2.88. The lowest BCUT2D eigenvalue weighted by Crippen LogP contribution is -2.45. The number of carbonyl (C=O) groups excluding carboxylic acids is 1. The molecule has 2 unspecified atom stereocenters. The quantitative estimate of drug-likeness (QED) is 0.833. The van der Waals surface area contributed by atoms with Crippen molar-refractivity contribution in [3.8, 4) is 0 Å². The number of nitrogens with one attached hydrogen (secondary N) is 1. The molecule has 0 saturated carbocycles. The van der Waals surface area contributed by atoms with Crippen LogP contribution < -0.4 is 5.32 Å². The van der Waals surface area contributed by atoms with E-state index < -0.39 is 30.8 Å². The molecule has 1 fully saturated rings. The third-order valence-corrected chi connectivity index (χ3v) is 2.88. The van der Waals surface area contributed by atoms with E-state index in [4.69, 9.17) is 0 Å². The maximum atomic E-state index is 12.4. The zero-order valence-corrected chi connectivity index (χ0v) is 10.5. The molecule has 17 heavy (non-hydrogen) atoms. The summed E-state index contributed by atoms with van der Waals surface area (Å²) in [5.41, 5.74) is 0. The Kier molecular flexibility index (Phi) is 4.06. The summed E-state index contributed by atoms with van der Waals surface area (Å²) in [6, 6.07) is -0.509. The minimum atomic E-state index is -4.35. The van der Waals surface area contributed by atoms with Crippen LogP contribution >= 0.6 is 0 Å². The van der Waals surface area contributed by atoms with E-state index in [1.165, 1.54) is 0 Å². The van der Waals surface area contributed by atoms with Crippen LogP contribution in [0.5, 0.6) is 0 Å². The molecule has 0 aromatic heterocycles. The van der Waals surface area contributed by atoms with E-state index in [1.807, 2.05) is 13.8 Å². The normalized spacial score (nSPS) is 26.4. The zero-order valence-electron chi connectivity index (χ0n) is 10.5. The number of nitrogens with zero attached hydrogens (tertiary/aromatic N) is 1. The van der Waals surface area contributed by atoms with Gasteiger partial charge in [-0.15, -0.1) is 0 Å². The van der Waals surface area contributed by atoms with Gasteiger partial charge in [0.15, 0.2) is 0 Å². The molecule has 1 rings (SSSR count). The van der Waals surface area contributed by atoms with Crippen molar-refractivity contribution in [1.29, 1.82) is 0 Å². The van der Waals surface area contributed by atoms with Crippen molar-refractivity contribution in [2.45, 2.75) is 46.1 Å². The molecule has 100 valence electrons. The van der Waals surface area contributed by atoms with Crippen LogP contribution in [0.3, 0.4) is 0 Å². The Labute approximate surface area is 99.4 Å². The SMILES string of the molecule is CC(C)C1NC(C(C)C)N(CC(F)(F)F)C1=O. The molecule has 0 bridgehead atoms. The molecule has 1 saturated heterocycles. The van der Waals surface area contributed by atoms with Gasteiger partial charge in [0, 0.05) is 0 Å². The molecule has 1 amide bonds. The highest BCUT2D eigenvalue weighted by Gasteiger charge is 2.46. The number of halogens is 3. The van der Waals surface area contributed by atoms with Gasteiger partial charge in [-0.2, -0.15) is 13.2 Å². The summed E-state index contributed by atoms with van der Waals surface area (Å²) in [5, 5.41) is 2.99. The molecular weight excluding hydrogens is 233 g/mol. The van der Waals surface area contributed by atoms with E-state index in [0.29, 0.717) is 0 Å². The van der Waals surface area contributed by atoms with Crippen molar-refractivity contribution < 1.29 is 18.0 Å². The van der Waals surface area contributed by atoms with Crippen molar-refractivity contribution in [1.82, 2.24) is 10.2 Å². The summed E-state index contributed by atoms with van der Waals surface area (Å²) in [6.07, 6.45) is -4.88. The van der Waals surface area contributed by atoms with E-state index in [9.17, 15) is 18.0 Å².